The van der Waals surface area contributed by atoms with Gasteiger partial charge in [-0.15, -0.1) is 0 Å². The quantitative estimate of drug-likeness (QED) is 0.581. The molecular formula is C22H26. The van der Waals surface area contributed by atoms with Gasteiger partial charge in [0.2, 0.25) is 0 Å². The van der Waals surface area contributed by atoms with Crippen LogP contribution in [0.5, 0.6) is 0 Å². The summed E-state index contributed by atoms with van der Waals surface area (Å²) < 4.78 is 0. The summed E-state index contributed by atoms with van der Waals surface area (Å²) in [6.45, 7) is 6.87. The predicted molar refractivity (Wildman–Crippen MR) is 97.2 cm³/mol. The summed E-state index contributed by atoms with van der Waals surface area (Å²) in [5.74, 6) is 0.604. The van der Waals surface area contributed by atoms with Gasteiger partial charge in [0.05, 0.1) is 0 Å². The van der Waals surface area contributed by atoms with Crippen molar-refractivity contribution in [3.63, 3.8) is 0 Å². The Balaban J connectivity index is 2.10. The van der Waals surface area contributed by atoms with Gasteiger partial charge in [0.15, 0.2) is 0 Å². The van der Waals surface area contributed by atoms with Crippen molar-refractivity contribution >= 4 is 6.08 Å². The molecular weight excluding hydrogens is 264 g/mol. The zero-order valence-corrected chi connectivity index (χ0v) is 14.0. The Kier molecular flexibility index (Phi) is 4.47. The van der Waals surface area contributed by atoms with Gasteiger partial charge in [0.25, 0.3) is 0 Å². The first-order chi connectivity index (χ1) is 10.7. The second kappa shape index (κ2) is 6.52. The molecule has 1 aliphatic carbocycles. The predicted octanol–water partition coefficient (Wildman–Crippen LogP) is 6.61. The Morgan fingerprint density at radius 1 is 0.955 bits per heavy atom. The van der Waals surface area contributed by atoms with E-state index in [2.05, 4.69) is 69.3 Å². The summed E-state index contributed by atoms with van der Waals surface area (Å²) in [6, 6.07) is 15.8. The van der Waals surface area contributed by atoms with Crippen LogP contribution in [0.4, 0.5) is 0 Å². The number of hydrogen-bond donors (Lipinski definition) is 0. The highest BCUT2D eigenvalue weighted by atomic mass is 14.2. The zero-order chi connectivity index (χ0) is 15.5. The van der Waals surface area contributed by atoms with Crippen LogP contribution in [0, 0.1) is 0 Å². The second-order valence-corrected chi connectivity index (χ2v) is 6.50. The van der Waals surface area contributed by atoms with Crippen LogP contribution >= 0.6 is 0 Å². The average molecular weight is 290 g/mol. The molecule has 0 heteroatoms. The molecule has 0 amide bonds. The van der Waals surface area contributed by atoms with E-state index in [4.69, 9.17) is 0 Å². The van der Waals surface area contributed by atoms with Gasteiger partial charge < -0.3 is 0 Å². The maximum absolute atomic E-state index is 2.45. The maximum atomic E-state index is 2.45. The van der Waals surface area contributed by atoms with E-state index >= 15 is 0 Å². The Morgan fingerprint density at radius 2 is 1.73 bits per heavy atom. The third kappa shape index (κ3) is 2.75. The van der Waals surface area contributed by atoms with E-state index in [9.17, 15) is 0 Å². The molecule has 0 radical (unpaired) electrons. The molecule has 2 aromatic rings. The van der Waals surface area contributed by atoms with Gasteiger partial charge in [-0.25, -0.2) is 0 Å². The monoisotopic (exact) mass is 290 g/mol. The molecule has 0 bridgehead atoms. The van der Waals surface area contributed by atoms with Crippen molar-refractivity contribution in [3.05, 3.63) is 64.7 Å². The fourth-order valence-corrected chi connectivity index (χ4v) is 3.55. The molecule has 0 saturated carbocycles. The lowest BCUT2D eigenvalue weighted by Gasteiger charge is -2.17. The van der Waals surface area contributed by atoms with Crippen molar-refractivity contribution in [1.82, 2.24) is 0 Å². The Labute approximate surface area is 134 Å². The van der Waals surface area contributed by atoms with Gasteiger partial charge in [0.1, 0.15) is 0 Å². The van der Waals surface area contributed by atoms with Gasteiger partial charge in [-0.2, -0.15) is 0 Å². The van der Waals surface area contributed by atoms with Crippen molar-refractivity contribution in [2.45, 2.75) is 52.4 Å². The molecule has 114 valence electrons. The van der Waals surface area contributed by atoms with E-state index in [1.807, 2.05) is 0 Å². The Hall–Kier alpha value is -1.82. The summed E-state index contributed by atoms with van der Waals surface area (Å²) in [7, 11) is 0. The van der Waals surface area contributed by atoms with Crippen LogP contribution in [0.15, 0.2) is 48.0 Å². The average Bonchev–Trinajstić information content (AvgIpc) is 2.97. The van der Waals surface area contributed by atoms with Gasteiger partial charge in [-0.05, 0) is 53.0 Å². The highest BCUT2D eigenvalue weighted by Gasteiger charge is 2.18. The van der Waals surface area contributed by atoms with Crippen molar-refractivity contribution < 1.29 is 0 Å². The van der Waals surface area contributed by atoms with E-state index in [1.165, 1.54) is 47.1 Å². The van der Waals surface area contributed by atoms with Crippen molar-refractivity contribution in [1.29, 1.82) is 0 Å². The highest BCUT2D eigenvalue weighted by Crippen LogP contribution is 2.38. The molecule has 1 unspecified atom stereocenters. The lowest BCUT2D eigenvalue weighted by atomic mass is 9.87. The number of hydrogen-bond acceptors (Lipinski definition) is 0. The minimum absolute atomic E-state index is 0.604. The van der Waals surface area contributed by atoms with Crippen molar-refractivity contribution in [2.75, 3.05) is 0 Å². The van der Waals surface area contributed by atoms with E-state index < -0.39 is 0 Å². The second-order valence-electron chi connectivity index (χ2n) is 6.50. The molecule has 0 spiro atoms. The molecule has 0 aliphatic heterocycles. The van der Waals surface area contributed by atoms with Crippen LogP contribution in [0.3, 0.4) is 0 Å². The van der Waals surface area contributed by atoms with E-state index in [0.717, 1.165) is 6.42 Å². The van der Waals surface area contributed by atoms with Gasteiger partial charge in [-0.1, -0.05) is 81.3 Å². The van der Waals surface area contributed by atoms with E-state index in [-0.39, 0.29) is 0 Å². The number of allylic oxidation sites excluding steroid dienone is 1. The van der Waals surface area contributed by atoms with Crippen LogP contribution in [-0.4, -0.2) is 0 Å². The van der Waals surface area contributed by atoms with Crippen molar-refractivity contribution in [3.8, 4) is 11.1 Å². The number of fused-ring (bicyclic) bond motifs is 1. The number of rotatable bonds is 5. The Bertz CT molecular complexity index is 691. The standard InChI is InChI=1S/C22H26/c1-4-9-17-14-18-10-8-13-21(22(18)15-17)20-12-7-6-11-19(20)16(3)5-2/h6-8,10-13,15-16H,4-5,9,14H2,1-3H3. The lowest BCUT2D eigenvalue weighted by molar-refractivity contribution is 0.735. The molecule has 0 fully saturated rings. The van der Waals surface area contributed by atoms with Crippen LogP contribution in [-0.2, 0) is 6.42 Å². The minimum atomic E-state index is 0.604. The molecule has 0 N–H and O–H groups in total. The first-order valence-corrected chi connectivity index (χ1v) is 8.65. The summed E-state index contributed by atoms with van der Waals surface area (Å²) in [6.07, 6.45) is 7.23. The minimum Gasteiger partial charge on any atom is -0.0652 e. The zero-order valence-electron chi connectivity index (χ0n) is 14.0. The molecule has 0 aromatic heterocycles. The number of benzene rings is 2. The molecule has 0 nitrogen and oxygen atoms in total. The summed E-state index contributed by atoms with van der Waals surface area (Å²) in [5, 5.41) is 0. The van der Waals surface area contributed by atoms with Crippen LogP contribution in [0.2, 0.25) is 0 Å². The normalized spacial score (nSPS) is 14.6. The molecule has 0 saturated heterocycles. The third-order valence-corrected chi connectivity index (χ3v) is 4.93. The smallest absolute Gasteiger partial charge is 0.00576 e. The van der Waals surface area contributed by atoms with Crippen LogP contribution in [0.1, 0.15) is 62.6 Å². The van der Waals surface area contributed by atoms with Gasteiger partial charge in [0, 0.05) is 0 Å². The van der Waals surface area contributed by atoms with E-state index in [1.54, 1.807) is 5.57 Å². The SMILES string of the molecule is CCCC1=Cc2c(cccc2-c2ccccc2C(C)CC)C1. The van der Waals surface area contributed by atoms with Gasteiger partial charge in [-0.3, -0.25) is 0 Å². The van der Waals surface area contributed by atoms with Gasteiger partial charge >= 0.3 is 0 Å². The molecule has 3 rings (SSSR count). The summed E-state index contributed by atoms with van der Waals surface area (Å²) >= 11 is 0. The fraction of sp³-hybridized carbons (Fsp3) is 0.364. The lowest BCUT2D eigenvalue weighted by Crippen LogP contribution is -1.96. The highest BCUT2D eigenvalue weighted by molar-refractivity contribution is 5.82. The van der Waals surface area contributed by atoms with Crippen LogP contribution < -0.4 is 0 Å². The molecule has 22 heavy (non-hydrogen) atoms. The molecule has 2 aromatic carbocycles. The van der Waals surface area contributed by atoms with Crippen LogP contribution in [0.25, 0.3) is 17.2 Å². The summed E-state index contributed by atoms with van der Waals surface area (Å²) in [4.78, 5) is 0. The van der Waals surface area contributed by atoms with E-state index in [0.29, 0.717) is 5.92 Å². The topological polar surface area (TPSA) is 0 Å². The van der Waals surface area contributed by atoms with Crippen molar-refractivity contribution in [2.24, 2.45) is 0 Å². The molecule has 1 aliphatic rings. The maximum Gasteiger partial charge on any atom is -0.00576 e. The largest absolute Gasteiger partial charge is 0.0652 e. The first kappa shape index (κ1) is 15.1. The third-order valence-electron chi connectivity index (χ3n) is 4.93. The molecule has 0 heterocycles. The molecule has 1 atom stereocenters. The Morgan fingerprint density at radius 3 is 2.50 bits per heavy atom. The fourth-order valence-electron chi connectivity index (χ4n) is 3.55. The summed E-state index contributed by atoms with van der Waals surface area (Å²) in [5.41, 5.74) is 8.87. The first-order valence-electron chi connectivity index (χ1n) is 8.65.